The third-order valence-electron chi connectivity index (χ3n) is 5.38. The predicted octanol–water partition coefficient (Wildman–Crippen LogP) is 5.12. The maximum Gasteiger partial charge on any atom is 0.433 e. The Kier molecular flexibility index (Phi) is 5.15. The summed E-state index contributed by atoms with van der Waals surface area (Å²) in [7, 11) is 0. The second kappa shape index (κ2) is 8.07. The van der Waals surface area contributed by atoms with Crippen LogP contribution in [0.25, 0.3) is 38.9 Å². The first-order valence-electron chi connectivity index (χ1n) is 10.0. The summed E-state index contributed by atoms with van der Waals surface area (Å²) in [5.41, 5.74) is 5.90. The summed E-state index contributed by atoms with van der Waals surface area (Å²) >= 11 is 5.97. The van der Waals surface area contributed by atoms with Gasteiger partial charge >= 0.3 is 6.18 Å². The Hall–Kier alpha value is -4.49. The van der Waals surface area contributed by atoms with E-state index < -0.39 is 17.4 Å². The van der Waals surface area contributed by atoms with Crippen molar-refractivity contribution in [3.8, 4) is 22.9 Å². The van der Waals surface area contributed by atoms with Crippen LogP contribution < -0.4 is 11.3 Å². The van der Waals surface area contributed by atoms with Gasteiger partial charge in [-0.25, -0.2) is 9.97 Å². The molecule has 11 heteroatoms. The number of hydrogen-bond acceptors (Lipinski definition) is 6. The molecule has 0 saturated heterocycles. The summed E-state index contributed by atoms with van der Waals surface area (Å²) in [5, 5.41) is 9.58. The number of aromatic nitrogens is 4. The number of rotatable bonds is 2. The summed E-state index contributed by atoms with van der Waals surface area (Å²) in [4.78, 5) is 25.8. The number of anilines is 1. The number of nitrogen functional groups attached to an aromatic ring is 1. The highest BCUT2D eigenvalue weighted by atomic mass is 35.5. The molecule has 0 spiro atoms. The van der Waals surface area contributed by atoms with Crippen molar-refractivity contribution in [2.45, 2.75) is 6.18 Å². The first-order valence-corrected chi connectivity index (χ1v) is 10.4. The summed E-state index contributed by atoms with van der Waals surface area (Å²) in [6.45, 7) is 0. The van der Waals surface area contributed by atoms with Gasteiger partial charge in [-0.15, -0.1) is 0 Å². The van der Waals surface area contributed by atoms with Gasteiger partial charge in [0.05, 0.1) is 34.2 Å². The molecular formula is C24H12ClF3N6O. The van der Waals surface area contributed by atoms with Gasteiger partial charge in [0.1, 0.15) is 17.4 Å². The maximum absolute atomic E-state index is 13.7. The fraction of sp³-hybridized carbons (Fsp3) is 0.0417. The smallest absolute Gasteiger partial charge is 0.397 e. The van der Waals surface area contributed by atoms with Crippen LogP contribution in [0.1, 0.15) is 11.4 Å². The number of alkyl halides is 3. The Morgan fingerprint density at radius 1 is 1.00 bits per heavy atom. The van der Waals surface area contributed by atoms with E-state index >= 15 is 0 Å². The molecule has 3 heterocycles. The Labute approximate surface area is 199 Å². The van der Waals surface area contributed by atoms with Crippen molar-refractivity contribution < 1.29 is 13.2 Å². The number of pyridine rings is 2. The molecule has 0 amide bonds. The van der Waals surface area contributed by atoms with Crippen LogP contribution in [-0.2, 0) is 6.18 Å². The number of nitrogens with zero attached hydrogens (tertiary/aromatic N) is 5. The lowest BCUT2D eigenvalue weighted by Crippen LogP contribution is -2.24. The molecule has 172 valence electrons. The van der Waals surface area contributed by atoms with Crippen molar-refractivity contribution in [3.63, 3.8) is 0 Å². The Balaban J connectivity index is 1.86. The molecule has 2 aromatic carbocycles. The van der Waals surface area contributed by atoms with Crippen molar-refractivity contribution in [1.29, 1.82) is 5.26 Å². The molecule has 0 aliphatic rings. The molecular weight excluding hydrogens is 481 g/mol. The number of nitrogens with two attached hydrogens (primary N) is 1. The average Bonchev–Trinajstić information content (AvgIpc) is 2.84. The standard InChI is InChI=1S/C24H12ClF3N6O/c25-13-2-4-15(5-3-13)34-22-16(6-8-19(33-22)24(26,27)28)21(30)20(23(34)35)12-1-7-17-18(9-12)31-11-14(10-29)32-17/h1-9,11H,30H2. The molecule has 0 atom stereocenters. The Bertz CT molecular complexity index is 1740. The summed E-state index contributed by atoms with van der Waals surface area (Å²) in [6, 6.07) is 14.7. The normalized spacial score (nSPS) is 11.6. The van der Waals surface area contributed by atoms with Crippen molar-refractivity contribution in [3.05, 3.63) is 87.6 Å². The van der Waals surface area contributed by atoms with E-state index in [1.165, 1.54) is 36.5 Å². The third-order valence-corrected chi connectivity index (χ3v) is 5.64. The molecule has 0 unspecified atom stereocenters. The lowest BCUT2D eigenvalue weighted by molar-refractivity contribution is -0.141. The van der Waals surface area contributed by atoms with Crippen LogP contribution in [0.5, 0.6) is 0 Å². The fourth-order valence-electron chi connectivity index (χ4n) is 3.77. The highest BCUT2D eigenvalue weighted by molar-refractivity contribution is 6.30. The molecule has 5 rings (SSSR count). The number of fused-ring (bicyclic) bond motifs is 2. The number of hydrogen-bond donors (Lipinski definition) is 1. The summed E-state index contributed by atoms with van der Waals surface area (Å²) in [6.07, 6.45) is -3.42. The predicted molar refractivity (Wildman–Crippen MR) is 125 cm³/mol. The molecule has 0 aliphatic heterocycles. The molecule has 3 aromatic heterocycles. The Morgan fingerprint density at radius 2 is 1.74 bits per heavy atom. The minimum absolute atomic E-state index is 0.0302. The van der Waals surface area contributed by atoms with Gasteiger partial charge in [-0.05, 0) is 54.1 Å². The van der Waals surface area contributed by atoms with E-state index in [0.29, 0.717) is 21.6 Å². The lowest BCUT2D eigenvalue weighted by Gasteiger charge is -2.17. The maximum atomic E-state index is 13.7. The molecule has 0 radical (unpaired) electrons. The minimum atomic E-state index is -4.72. The molecule has 0 fully saturated rings. The van der Waals surface area contributed by atoms with Crippen molar-refractivity contribution in [1.82, 2.24) is 19.5 Å². The second-order valence-electron chi connectivity index (χ2n) is 7.54. The van der Waals surface area contributed by atoms with Gasteiger partial charge in [0.25, 0.3) is 5.56 Å². The van der Waals surface area contributed by atoms with E-state index in [4.69, 9.17) is 22.6 Å². The number of benzene rings is 2. The number of halogens is 4. The van der Waals surface area contributed by atoms with E-state index in [0.717, 1.165) is 10.6 Å². The zero-order valence-electron chi connectivity index (χ0n) is 17.5. The Morgan fingerprint density at radius 3 is 2.43 bits per heavy atom. The van der Waals surface area contributed by atoms with Gasteiger partial charge in [-0.3, -0.25) is 14.3 Å². The lowest BCUT2D eigenvalue weighted by atomic mass is 10.0. The SMILES string of the molecule is N#Cc1cnc2cc(-c3c(N)c4ccc(C(F)(F)F)nc4n(-c4ccc(Cl)cc4)c3=O)ccc2n1. The molecule has 0 aliphatic carbocycles. The van der Waals surface area contributed by atoms with Crippen LogP contribution in [-0.4, -0.2) is 19.5 Å². The van der Waals surface area contributed by atoms with Gasteiger partial charge in [0.2, 0.25) is 0 Å². The average molecular weight is 493 g/mol. The highest BCUT2D eigenvalue weighted by Crippen LogP contribution is 2.34. The number of nitriles is 1. The highest BCUT2D eigenvalue weighted by Gasteiger charge is 2.33. The van der Waals surface area contributed by atoms with Crippen LogP contribution in [0.15, 0.2) is 65.6 Å². The van der Waals surface area contributed by atoms with Gasteiger partial charge in [0.15, 0.2) is 5.69 Å². The van der Waals surface area contributed by atoms with E-state index in [9.17, 15) is 18.0 Å². The second-order valence-corrected chi connectivity index (χ2v) is 7.98. The van der Waals surface area contributed by atoms with Crippen LogP contribution in [0.2, 0.25) is 5.02 Å². The molecule has 0 bridgehead atoms. The first kappa shape index (κ1) is 22.3. The quantitative estimate of drug-likeness (QED) is 0.366. The van der Waals surface area contributed by atoms with Crippen molar-refractivity contribution in [2.24, 2.45) is 0 Å². The zero-order valence-corrected chi connectivity index (χ0v) is 18.3. The van der Waals surface area contributed by atoms with Gasteiger partial charge in [-0.1, -0.05) is 17.7 Å². The molecule has 35 heavy (non-hydrogen) atoms. The monoisotopic (exact) mass is 492 g/mol. The first-order chi connectivity index (χ1) is 16.7. The van der Waals surface area contributed by atoms with E-state index in [1.54, 1.807) is 18.2 Å². The third kappa shape index (κ3) is 3.82. The van der Waals surface area contributed by atoms with Crippen LogP contribution in [0.4, 0.5) is 18.9 Å². The van der Waals surface area contributed by atoms with Crippen molar-refractivity contribution >= 4 is 39.4 Å². The largest absolute Gasteiger partial charge is 0.433 e. The molecule has 2 N–H and O–H groups in total. The summed E-state index contributed by atoms with van der Waals surface area (Å²) < 4.78 is 41.3. The van der Waals surface area contributed by atoms with Gasteiger partial charge in [0, 0.05) is 10.4 Å². The van der Waals surface area contributed by atoms with Crippen LogP contribution in [0, 0.1) is 11.3 Å². The zero-order chi connectivity index (χ0) is 24.9. The topological polar surface area (TPSA) is 110 Å². The van der Waals surface area contributed by atoms with E-state index in [1.807, 2.05) is 6.07 Å². The molecule has 0 saturated carbocycles. The minimum Gasteiger partial charge on any atom is -0.397 e. The van der Waals surface area contributed by atoms with E-state index in [-0.39, 0.29) is 33.7 Å². The van der Waals surface area contributed by atoms with Gasteiger partial charge in [-0.2, -0.15) is 18.4 Å². The molecule has 5 aromatic rings. The van der Waals surface area contributed by atoms with Gasteiger partial charge < -0.3 is 5.73 Å². The van der Waals surface area contributed by atoms with Crippen molar-refractivity contribution in [2.75, 3.05) is 5.73 Å². The van der Waals surface area contributed by atoms with Crippen LogP contribution >= 0.6 is 11.6 Å². The van der Waals surface area contributed by atoms with Crippen LogP contribution in [0.3, 0.4) is 0 Å². The van der Waals surface area contributed by atoms with E-state index in [2.05, 4.69) is 15.0 Å². The molecule has 7 nitrogen and oxygen atoms in total. The fourth-order valence-corrected chi connectivity index (χ4v) is 3.90. The summed E-state index contributed by atoms with van der Waals surface area (Å²) in [5.74, 6) is 0.